The number of hydrogen-bond donors (Lipinski definition) is 2. The van der Waals surface area contributed by atoms with Crippen molar-refractivity contribution in [2.75, 3.05) is 5.73 Å². The molecule has 2 rings (SSSR count). The van der Waals surface area contributed by atoms with Crippen molar-refractivity contribution in [1.82, 2.24) is 4.98 Å². The Bertz CT molecular complexity index is 780. The number of nitrogen functional groups attached to an aromatic ring is 1. The van der Waals surface area contributed by atoms with Crippen molar-refractivity contribution in [3.63, 3.8) is 0 Å². The summed E-state index contributed by atoms with van der Waals surface area (Å²) in [7, 11) is 0. The van der Waals surface area contributed by atoms with Crippen LogP contribution in [0.15, 0.2) is 24.3 Å². The second kappa shape index (κ2) is 7.44. The van der Waals surface area contributed by atoms with E-state index in [4.69, 9.17) is 29.6 Å². The van der Waals surface area contributed by atoms with E-state index < -0.39 is 0 Å². The third-order valence-electron chi connectivity index (χ3n) is 2.60. The second-order valence-corrected chi connectivity index (χ2v) is 4.57. The molecular formula is C15H13ClN4S. The molecule has 0 atom stereocenters. The molecule has 0 bridgehead atoms. The summed E-state index contributed by atoms with van der Waals surface area (Å²) < 4.78 is 0.212. The van der Waals surface area contributed by atoms with Crippen molar-refractivity contribution in [3.8, 4) is 23.3 Å². The lowest BCUT2D eigenvalue weighted by Crippen LogP contribution is -2.01. The SMILES string of the molecule is CC.N#Cc1c(N)[nH]c(=S)c(C#N)c1-c1ccc(Cl)cc1. The zero-order chi connectivity index (χ0) is 16.0. The van der Waals surface area contributed by atoms with Gasteiger partial charge in [-0.1, -0.05) is 49.8 Å². The average molecular weight is 317 g/mol. The molecule has 0 aliphatic heterocycles. The van der Waals surface area contributed by atoms with Crippen LogP contribution in [0.1, 0.15) is 25.0 Å². The first kappa shape index (κ1) is 16.7. The Kier molecular flexibility index (Phi) is 5.92. The summed E-state index contributed by atoms with van der Waals surface area (Å²) >= 11 is 10.9. The fourth-order valence-corrected chi connectivity index (χ4v) is 2.13. The molecule has 1 aromatic carbocycles. The van der Waals surface area contributed by atoms with Crippen LogP contribution in [0, 0.1) is 27.3 Å². The van der Waals surface area contributed by atoms with E-state index in [1.807, 2.05) is 26.0 Å². The summed E-state index contributed by atoms with van der Waals surface area (Å²) in [5.74, 6) is 0.149. The van der Waals surface area contributed by atoms with Crippen LogP contribution in [0.4, 0.5) is 5.82 Å². The molecule has 0 radical (unpaired) electrons. The quantitative estimate of drug-likeness (QED) is 0.762. The molecule has 0 saturated heterocycles. The Balaban J connectivity index is 0.00000106. The van der Waals surface area contributed by atoms with E-state index in [1.54, 1.807) is 24.3 Å². The number of hydrogen-bond acceptors (Lipinski definition) is 4. The minimum absolute atomic E-state index is 0.149. The van der Waals surface area contributed by atoms with Gasteiger partial charge in [-0.15, -0.1) is 0 Å². The minimum Gasteiger partial charge on any atom is -0.384 e. The molecule has 1 heterocycles. The van der Waals surface area contributed by atoms with Gasteiger partial charge in [0.25, 0.3) is 0 Å². The number of pyridine rings is 1. The largest absolute Gasteiger partial charge is 0.384 e. The molecule has 0 saturated carbocycles. The summed E-state index contributed by atoms with van der Waals surface area (Å²) in [5.41, 5.74) is 7.27. The summed E-state index contributed by atoms with van der Waals surface area (Å²) in [6, 6.07) is 10.8. The molecule has 0 aliphatic carbocycles. The summed E-state index contributed by atoms with van der Waals surface area (Å²) in [4.78, 5) is 2.65. The summed E-state index contributed by atoms with van der Waals surface area (Å²) in [5, 5.41) is 19.0. The van der Waals surface area contributed by atoms with Gasteiger partial charge in [0.2, 0.25) is 0 Å². The minimum atomic E-state index is 0.149. The summed E-state index contributed by atoms with van der Waals surface area (Å²) in [6.45, 7) is 4.00. The van der Waals surface area contributed by atoms with Crippen LogP contribution in [0.2, 0.25) is 5.02 Å². The van der Waals surface area contributed by atoms with Crippen molar-refractivity contribution in [1.29, 1.82) is 10.5 Å². The van der Waals surface area contributed by atoms with Crippen LogP contribution >= 0.6 is 23.8 Å². The van der Waals surface area contributed by atoms with E-state index in [9.17, 15) is 10.5 Å². The van der Waals surface area contributed by atoms with Crippen molar-refractivity contribution < 1.29 is 0 Å². The predicted molar refractivity (Wildman–Crippen MR) is 87.3 cm³/mol. The maximum Gasteiger partial charge on any atom is 0.123 e. The molecule has 0 spiro atoms. The van der Waals surface area contributed by atoms with E-state index in [-0.39, 0.29) is 21.6 Å². The Morgan fingerprint density at radius 3 is 2.10 bits per heavy atom. The number of aromatic amines is 1. The Hall–Kier alpha value is -2.34. The Morgan fingerprint density at radius 1 is 1.10 bits per heavy atom. The van der Waals surface area contributed by atoms with Crippen molar-refractivity contribution in [3.05, 3.63) is 45.1 Å². The molecule has 21 heavy (non-hydrogen) atoms. The van der Waals surface area contributed by atoms with Gasteiger partial charge in [0.15, 0.2) is 0 Å². The number of nitrogens with two attached hydrogens (primary N) is 1. The topological polar surface area (TPSA) is 89.4 Å². The highest BCUT2D eigenvalue weighted by Gasteiger charge is 2.16. The van der Waals surface area contributed by atoms with Gasteiger partial charge in [-0.25, -0.2) is 0 Å². The third kappa shape index (κ3) is 3.41. The van der Waals surface area contributed by atoms with Gasteiger partial charge in [-0.05, 0) is 17.7 Å². The lowest BCUT2D eigenvalue weighted by molar-refractivity contribution is 1.26. The van der Waals surface area contributed by atoms with Crippen LogP contribution in [-0.2, 0) is 0 Å². The number of halogens is 1. The van der Waals surface area contributed by atoms with Crippen molar-refractivity contribution in [2.24, 2.45) is 0 Å². The number of nitrogens with zero attached hydrogens (tertiary/aromatic N) is 2. The monoisotopic (exact) mass is 316 g/mol. The number of rotatable bonds is 1. The normalized spacial score (nSPS) is 9.00. The average Bonchev–Trinajstić information content (AvgIpc) is 2.49. The van der Waals surface area contributed by atoms with Crippen LogP contribution in [-0.4, -0.2) is 4.98 Å². The number of H-pyrrole nitrogens is 1. The first-order valence-electron chi connectivity index (χ1n) is 6.20. The van der Waals surface area contributed by atoms with Gasteiger partial charge in [-0.2, -0.15) is 10.5 Å². The maximum absolute atomic E-state index is 9.21. The first-order valence-corrected chi connectivity index (χ1v) is 6.99. The maximum atomic E-state index is 9.21. The lowest BCUT2D eigenvalue weighted by atomic mass is 9.97. The number of anilines is 1. The molecule has 106 valence electrons. The molecule has 0 unspecified atom stereocenters. The van der Waals surface area contributed by atoms with Crippen LogP contribution in [0.3, 0.4) is 0 Å². The van der Waals surface area contributed by atoms with Gasteiger partial charge >= 0.3 is 0 Å². The lowest BCUT2D eigenvalue weighted by Gasteiger charge is -2.09. The molecule has 0 amide bonds. The van der Waals surface area contributed by atoms with Gasteiger partial charge in [-0.3, -0.25) is 0 Å². The van der Waals surface area contributed by atoms with Crippen molar-refractivity contribution >= 4 is 29.6 Å². The number of nitriles is 2. The highest BCUT2D eigenvalue weighted by molar-refractivity contribution is 7.71. The zero-order valence-electron chi connectivity index (χ0n) is 11.6. The molecule has 0 aliphatic rings. The molecule has 1 aromatic heterocycles. The zero-order valence-corrected chi connectivity index (χ0v) is 13.1. The van der Waals surface area contributed by atoms with E-state index >= 15 is 0 Å². The van der Waals surface area contributed by atoms with E-state index in [2.05, 4.69) is 4.98 Å². The van der Waals surface area contributed by atoms with E-state index in [0.717, 1.165) is 0 Å². The van der Waals surface area contributed by atoms with E-state index in [0.29, 0.717) is 16.1 Å². The summed E-state index contributed by atoms with van der Waals surface area (Å²) in [6.07, 6.45) is 0. The van der Waals surface area contributed by atoms with Crippen LogP contribution in [0.25, 0.3) is 11.1 Å². The highest BCUT2D eigenvalue weighted by atomic mass is 35.5. The van der Waals surface area contributed by atoms with Gasteiger partial charge in [0, 0.05) is 10.6 Å². The molecule has 2 aromatic rings. The van der Waals surface area contributed by atoms with Crippen molar-refractivity contribution in [2.45, 2.75) is 13.8 Å². The fraction of sp³-hybridized carbons (Fsp3) is 0.133. The van der Waals surface area contributed by atoms with Crippen LogP contribution in [0.5, 0.6) is 0 Å². The number of nitrogens with one attached hydrogen (secondary N) is 1. The van der Waals surface area contributed by atoms with Crippen LogP contribution < -0.4 is 5.73 Å². The van der Waals surface area contributed by atoms with Gasteiger partial charge in [0.05, 0.1) is 5.56 Å². The molecule has 3 N–H and O–H groups in total. The molecular weight excluding hydrogens is 304 g/mol. The predicted octanol–water partition coefficient (Wildman–Crippen LogP) is 4.42. The highest BCUT2D eigenvalue weighted by Crippen LogP contribution is 2.31. The number of aromatic nitrogens is 1. The van der Waals surface area contributed by atoms with Gasteiger partial charge < -0.3 is 10.7 Å². The number of benzene rings is 1. The second-order valence-electron chi connectivity index (χ2n) is 3.72. The first-order chi connectivity index (χ1) is 10.1. The Labute approximate surface area is 133 Å². The Morgan fingerprint density at radius 2 is 1.62 bits per heavy atom. The molecule has 4 nitrogen and oxygen atoms in total. The third-order valence-corrected chi connectivity index (χ3v) is 3.16. The molecule has 0 fully saturated rings. The standard InChI is InChI=1S/C13H7ClN4S.C2H6/c14-8-3-1-7(2-4-8)11-9(5-15)12(17)18-13(19)10(11)6-16;1-2/h1-4H,(H3,17,18,19);1-2H3. The van der Waals surface area contributed by atoms with Gasteiger partial charge in [0.1, 0.15) is 28.2 Å². The van der Waals surface area contributed by atoms with E-state index in [1.165, 1.54) is 0 Å². The molecule has 6 heteroatoms. The fourth-order valence-electron chi connectivity index (χ4n) is 1.75. The smallest absolute Gasteiger partial charge is 0.123 e.